The number of nitrogens with one attached hydrogen (secondary N) is 1. The van der Waals surface area contributed by atoms with E-state index in [1.807, 2.05) is 13.8 Å². The smallest absolute Gasteiger partial charge is 0.271 e. The lowest BCUT2D eigenvalue weighted by Crippen LogP contribution is -2.30. The van der Waals surface area contributed by atoms with Gasteiger partial charge in [0.15, 0.2) is 4.96 Å². The number of benzene rings is 1. The number of carbonyl (C=O) groups excluding carboxylic acids is 2. The zero-order chi connectivity index (χ0) is 18.7. The molecule has 0 bridgehead atoms. The van der Waals surface area contributed by atoms with Crippen LogP contribution in [-0.4, -0.2) is 39.2 Å². The third-order valence-corrected chi connectivity index (χ3v) is 4.78. The second-order valence-corrected chi connectivity index (χ2v) is 6.42. The van der Waals surface area contributed by atoms with Crippen LogP contribution >= 0.6 is 11.3 Å². The molecule has 2 amide bonds. The highest BCUT2D eigenvalue weighted by atomic mass is 32.1. The molecule has 2 aromatic heterocycles. The van der Waals surface area contributed by atoms with E-state index in [4.69, 9.17) is 0 Å². The first kappa shape index (κ1) is 17.8. The Kier molecular flexibility index (Phi) is 5.13. The van der Waals surface area contributed by atoms with Gasteiger partial charge in [-0.15, -0.1) is 11.3 Å². The molecule has 0 saturated heterocycles. The van der Waals surface area contributed by atoms with E-state index in [0.717, 1.165) is 0 Å². The molecule has 8 heteroatoms. The molecule has 0 atom stereocenters. The fraction of sp³-hybridized carbons (Fsp3) is 0.222. The highest BCUT2D eigenvalue weighted by Crippen LogP contribution is 2.14. The van der Waals surface area contributed by atoms with Crippen LogP contribution in [0.4, 0.5) is 5.69 Å². The third kappa shape index (κ3) is 3.36. The lowest BCUT2D eigenvalue weighted by molar-refractivity contribution is 0.0772. The predicted octanol–water partition coefficient (Wildman–Crippen LogP) is 2.49. The van der Waals surface area contributed by atoms with Crippen LogP contribution < -0.4 is 10.9 Å². The zero-order valence-electron chi connectivity index (χ0n) is 14.4. The average Bonchev–Trinajstić information content (AvgIpc) is 3.13. The second kappa shape index (κ2) is 7.49. The van der Waals surface area contributed by atoms with Crippen LogP contribution in [0.3, 0.4) is 0 Å². The SMILES string of the molecule is CCN(CC)C(=O)c1cccc(NC(=O)c2cnc3sccn3c2=O)c1. The van der Waals surface area contributed by atoms with E-state index < -0.39 is 11.5 Å². The molecule has 0 aliphatic carbocycles. The second-order valence-electron chi connectivity index (χ2n) is 5.54. The quantitative estimate of drug-likeness (QED) is 0.748. The Morgan fingerprint density at radius 2 is 2.04 bits per heavy atom. The monoisotopic (exact) mass is 370 g/mol. The fourth-order valence-electron chi connectivity index (χ4n) is 2.60. The van der Waals surface area contributed by atoms with Crippen molar-refractivity contribution in [1.29, 1.82) is 0 Å². The van der Waals surface area contributed by atoms with Gasteiger partial charge >= 0.3 is 0 Å². The Hall–Kier alpha value is -3.00. The van der Waals surface area contributed by atoms with Crippen LogP contribution in [-0.2, 0) is 0 Å². The van der Waals surface area contributed by atoms with Gasteiger partial charge in [-0.2, -0.15) is 0 Å². The summed E-state index contributed by atoms with van der Waals surface area (Å²) in [5.41, 5.74) is 0.447. The number of anilines is 1. The third-order valence-electron chi connectivity index (χ3n) is 4.01. The summed E-state index contributed by atoms with van der Waals surface area (Å²) in [4.78, 5) is 43.6. The van der Waals surface area contributed by atoms with Crippen LogP contribution in [0.25, 0.3) is 4.96 Å². The van der Waals surface area contributed by atoms with Crippen molar-refractivity contribution in [2.45, 2.75) is 13.8 Å². The van der Waals surface area contributed by atoms with Gasteiger partial charge in [0.05, 0.1) is 0 Å². The Morgan fingerprint density at radius 1 is 1.27 bits per heavy atom. The van der Waals surface area contributed by atoms with Crippen LogP contribution in [0.1, 0.15) is 34.6 Å². The van der Waals surface area contributed by atoms with Gasteiger partial charge in [0, 0.05) is 42.1 Å². The van der Waals surface area contributed by atoms with Crippen molar-refractivity contribution < 1.29 is 9.59 Å². The first-order chi connectivity index (χ1) is 12.5. The molecule has 0 aliphatic heterocycles. The van der Waals surface area contributed by atoms with Crippen LogP contribution in [0, 0.1) is 0 Å². The van der Waals surface area contributed by atoms with Gasteiger partial charge in [-0.25, -0.2) is 4.98 Å². The minimum absolute atomic E-state index is 0.0543. The van der Waals surface area contributed by atoms with Crippen LogP contribution in [0.15, 0.2) is 46.8 Å². The first-order valence-electron chi connectivity index (χ1n) is 8.20. The summed E-state index contributed by atoms with van der Waals surface area (Å²) in [7, 11) is 0. The molecule has 0 saturated carbocycles. The van der Waals surface area contributed by atoms with Crippen molar-refractivity contribution in [1.82, 2.24) is 14.3 Å². The lowest BCUT2D eigenvalue weighted by Gasteiger charge is -2.19. The maximum atomic E-state index is 12.5. The summed E-state index contributed by atoms with van der Waals surface area (Å²) >= 11 is 1.32. The maximum absolute atomic E-state index is 12.5. The van der Waals surface area contributed by atoms with Gasteiger partial charge in [-0.1, -0.05) is 6.07 Å². The first-order valence-corrected chi connectivity index (χ1v) is 9.08. The number of hydrogen-bond acceptors (Lipinski definition) is 5. The van der Waals surface area contributed by atoms with Crippen molar-refractivity contribution in [3.8, 4) is 0 Å². The summed E-state index contributed by atoms with van der Waals surface area (Å²) in [6.07, 6.45) is 2.85. The molecule has 0 aliphatic rings. The van der Waals surface area contributed by atoms with Crippen molar-refractivity contribution in [3.63, 3.8) is 0 Å². The van der Waals surface area contributed by atoms with Gasteiger partial charge in [0.25, 0.3) is 17.4 Å². The normalized spacial score (nSPS) is 10.7. The molecule has 3 rings (SSSR count). The van der Waals surface area contributed by atoms with Gasteiger partial charge in [-0.3, -0.25) is 18.8 Å². The van der Waals surface area contributed by atoms with Gasteiger partial charge < -0.3 is 10.2 Å². The van der Waals surface area contributed by atoms with Gasteiger partial charge in [0.1, 0.15) is 5.56 Å². The van der Waals surface area contributed by atoms with Crippen molar-refractivity contribution >= 4 is 33.8 Å². The van der Waals surface area contributed by atoms with Crippen molar-refractivity contribution in [2.24, 2.45) is 0 Å². The topological polar surface area (TPSA) is 83.8 Å². The Bertz CT molecular complexity index is 1020. The molecule has 0 fully saturated rings. The summed E-state index contributed by atoms with van der Waals surface area (Å²) in [5.74, 6) is -0.664. The summed E-state index contributed by atoms with van der Waals surface area (Å²) in [6, 6.07) is 6.67. The van der Waals surface area contributed by atoms with E-state index in [-0.39, 0.29) is 11.5 Å². The highest BCUT2D eigenvalue weighted by molar-refractivity contribution is 7.15. The standard InChI is InChI=1S/C18H18N4O3S/c1-3-21(4-2)16(24)12-6-5-7-13(10-12)20-15(23)14-11-19-18-22(17(14)25)8-9-26-18/h5-11H,3-4H2,1-2H3,(H,20,23). The van der Waals surface area contributed by atoms with Crippen LogP contribution in [0.5, 0.6) is 0 Å². The Balaban J connectivity index is 1.85. The molecule has 1 N–H and O–H groups in total. The van der Waals surface area contributed by atoms with E-state index in [0.29, 0.717) is 29.3 Å². The molecule has 0 unspecified atom stereocenters. The molecule has 2 heterocycles. The van der Waals surface area contributed by atoms with Crippen LogP contribution in [0.2, 0.25) is 0 Å². The van der Waals surface area contributed by atoms with Crippen molar-refractivity contribution in [2.75, 3.05) is 18.4 Å². The molecule has 0 radical (unpaired) electrons. The van der Waals surface area contributed by atoms with E-state index in [1.54, 1.807) is 40.7 Å². The lowest BCUT2D eigenvalue weighted by atomic mass is 10.1. The van der Waals surface area contributed by atoms with Crippen molar-refractivity contribution in [3.05, 3.63) is 63.5 Å². The summed E-state index contributed by atoms with van der Waals surface area (Å²) in [5, 5.41) is 4.40. The number of aromatic nitrogens is 2. The number of carbonyl (C=O) groups is 2. The zero-order valence-corrected chi connectivity index (χ0v) is 15.2. The largest absolute Gasteiger partial charge is 0.339 e. The molecule has 3 aromatic rings. The molecule has 134 valence electrons. The summed E-state index contributed by atoms with van der Waals surface area (Å²) < 4.78 is 1.33. The molecule has 1 aromatic carbocycles. The van der Waals surface area contributed by atoms with E-state index in [2.05, 4.69) is 10.3 Å². The van der Waals surface area contributed by atoms with Gasteiger partial charge in [0.2, 0.25) is 0 Å². The molecular formula is C18H18N4O3S. The van der Waals surface area contributed by atoms with Gasteiger partial charge in [-0.05, 0) is 32.0 Å². The molecule has 0 spiro atoms. The van der Waals surface area contributed by atoms with E-state index in [9.17, 15) is 14.4 Å². The Labute approximate surface area is 153 Å². The number of thiazole rings is 1. The average molecular weight is 370 g/mol. The number of nitrogens with zero attached hydrogens (tertiary/aromatic N) is 3. The van der Waals surface area contributed by atoms with E-state index in [1.165, 1.54) is 21.9 Å². The number of amides is 2. The molecular weight excluding hydrogens is 352 g/mol. The minimum Gasteiger partial charge on any atom is -0.339 e. The Morgan fingerprint density at radius 3 is 2.77 bits per heavy atom. The van der Waals surface area contributed by atoms with E-state index >= 15 is 0 Å². The number of rotatable bonds is 5. The maximum Gasteiger partial charge on any atom is 0.271 e. The highest BCUT2D eigenvalue weighted by Gasteiger charge is 2.16. The number of fused-ring (bicyclic) bond motifs is 1. The number of hydrogen-bond donors (Lipinski definition) is 1. The minimum atomic E-state index is -0.560. The molecule has 7 nitrogen and oxygen atoms in total. The fourth-order valence-corrected chi connectivity index (χ4v) is 3.28. The summed E-state index contributed by atoms with van der Waals surface area (Å²) in [6.45, 7) is 5.03. The predicted molar refractivity (Wildman–Crippen MR) is 101 cm³/mol. The molecule has 26 heavy (non-hydrogen) atoms.